The molecule has 8 aromatic carbocycles. The van der Waals surface area contributed by atoms with E-state index in [4.69, 9.17) is 23.2 Å². The minimum absolute atomic E-state index is 0.00684. The standard InChI is InChI=1S/C58H38Cl2N14O26S8/c59-53-65-55(61-27-7-11-31-25(19-27)21-45(105(89,90)91)47(49(31)75)73-71-39-17-15-35-37(51(39)107(95,96)97)3-1-5-41(35)101(77,78)79)69-57(67-53)63-29-9-13-33(43(23-29)103(83,84)85)34-14-10-30(24-44(34)104(86,87)88)64-58-68-54(60)66-56(70-58)62-28-8-12-32-26(20-28)22-46(106(92,93)94)48(50(32)76)74-72-40-18-16-36-38(52(40)108(98,99)100)4-2-6-42(36)102(80,81)82/h1-24,71-72H,(H,77,78,79)(H,80,81,82)(H,83,84,85)(H,86,87,88)(H,89,90,91)(H,92,93,94)(H,95,96,97)(H,98,99,100)(H2,61,63,65,67,69)(H2,62,64,66,68,70)/b73-47-,74-48-. The van der Waals surface area contributed by atoms with Gasteiger partial charge in [0.2, 0.25) is 45.9 Å². The van der Waals surface area contributed by atoms with E-state index in [1.807, 2.05) is 0 Å². The Hall–Kier alpha value is -10.9. The molecule has 2 aliphatic rings. The zero-order chi connectivity index (χ0) is 78.5. The molecule has 0 fully saturated rings. The predicted octanol–water partition coefficient (Wildman–Crippen LogP) is 7.58. The Bertz CT molecular complexity index is 6430. The van der Waals surface area contributed by atoms with Crippen LogP contribution in [0.5, 0.6) is 0 Å². The lowest BCUT2D eigenvalue weighted by molar-refractivity contribution is 0.105. The van der Waals surface area contributed by atoms with E-state index in [9.17, 15) is 113 Å². The molecule has 0 amide bonds. The molecule has 2 heterocycles. The molecular weight excluding hydrogens is 1640 g/mol. The van der Waals surface area contributed by atoms with Gasteiger partial charge in [0.05, 0.1) is 11.4 Å². The Kier molecular flexibility index (Phi) is 19.7. The average molecular weight is 1670 g/mol. The molecular formula is C58H38Cl2N14O26S8. The number of nitrogens with one attached hydrogen (secondary N) is 6. The summed E-state index contributed by atoms with van der Waals surface area (Å²) in [7, 11) is -41.9. The largest absolute Gasteiger partial charge is 0.324 e. The van der Waals surface area contributed by atoms with Gasteiger partial charge in [-0.05, 0) is 131 Å². The summed E-state index contributed by atoms with van der Waals surface area (Å²) in [5.74, 6) is -4.01. The minimum Gasteiger partial charge on any atom is -0.324 e. The fraction of sp³-hybridized carbons (Fsp3) is 0. The minimum atomic E-state index is -5.37. The predicted molar refractivity (Wildman–Crippen MR) is 384 cm³/mol. The van der Waals surface area contributed by atoms with Crippen LogP contribution in [0.3, 0.4) is 0 Å². The number of hydrazone groups is 2. The maximum atomic E-state index is 13.9. The van der Waals surface area contributed by atoms with Gasteiger partial charge < -0.3 is 21.3 Å². The maximum Gasteiger partial charge on any atom is 0.297 e. The lowest BCUT2D eigenvalue weighted by atomic mass is 9.94. The van der Waals surface area contributed by atoms with Crippen molar-refractivity contribution in [3.63, 3.8) is 0 Å². The molecule has 10 aromatic rings. The van der Waals surface area contributed by atoms with Crippen molar-refractivity contribution in [3.05, 3.63) is 176 Å². The van der Waals surface area contributed by atoms with Crippen LogP contribution in [-0.2, 0) is 80.9 Å². The summed E-state index contributed by atoms with van der Waals surface area (Å²) in [6.07, 6.45) is 1.59. The summed E-state index contributed by atoms with van der Waals surface area (Å²) >= 11 is 12.5. The fourth-order valence-electron chi connectivity index (χ4n) is 11.0. The molecule has 0 unspecified atom stereocenters. The fourth-order valence-corrected chi connectivity index (χ4v) is 17.2. The van der Waals surface area contributed by atoms with Gasteiger partial charge in [-0.15, -0.1) is 0 Å². The van der Waals surface area contributed by atoms with Crippen molar-refractivity contribution in [2.45, 2.75) is 29.4 Å². The summed E-state index contributed by atoms with van der Waals surface area (Å²) in [6.45, 7) is 0. The molecule has 2 aromatic heterocycles. The second kappa shape index (κ2) is 27.7. The molecule has 2 aliphatic carbocycles. The molecule has 0 radical (unpaired) electrons. The molecule has 0 aliphatic heterocycles. The van der Waals surface area contributed by atoms with Crippen LogP contribution in [0.15, 0.2) is 183 Å². The number of aromatic nitrogens is 6. The number of rotatable bonds is 21. The Labute approximate surface area is 616 Å². The van der Waals surface area contributed by atoms with E-state index in [2.05, 4.69) is 72.2 Å². The van der Waals surface area contributed by atoms with E-state index in [1.54, 1.807) is 0 Å². The molecule has 0 atom stereocenters. The summed E-state index contributed by atoms with van der Waals surface area (Å²) in [5.41, 5.74) is -1.40. The van der Waals surface area contributed by atoms with Gasteiger partial charge in [-0.25, -0.2) is 0 Å². The number of hydrogen-bond donors (Lipinski definition) is 14. The van der Waals surface area contributed by atoms with Gasteiger partial charge in [0.25, 0.3) is 80.9 Å². The van der Waals surface area contributed by atoms with Crippen LogP contribution >= 0.6 is 23.2 Å². The molecule has 108 heavy (non-hydrogen) atoms. The molecule has 0 spiro atoms. The number of halogens is 2. The number of carbonyl (C=O) groups is 2. The maximum absolute atomic E-state index is 13.9. The Morgan fingerprint density at radius 1 is 0.315 bits per heavy atom. The summed E-state index contributed by atoms with van der Waals surface area (Å²) < 4.78 is 284. The second-order valence-corrected chi connectivity index (χ2v) is 34.0. The first-order valence-electron chi connectivity index (χ1n) is 28.8. The van der Waals surface area contributed by atoms with E-state index >= 15 is 0 Å². The number of anilines is 10. The SMILES string of the molecule is O=C1/C(=N\Nc2ccc3c(S(=O)(=O)O)cccc3c2S(=O)(=O)O)C(S(=O)(=O)O)=Cc2cc(Nc3nc(Cl)nc(Nc4ccc(-c5ccc(Nc6nc(Cl)nc(Nc7ccc8c(c7)C=C(S(=O)(=O)O)/C(=N/Nc7ccc9c(S(=O)(=O)O)cccc9c7S(=O)(=O)O)C8=O)n6)cc5S(=O)(=O)O)c(S(=O)(=O)O)c4)n3)ccc21. The molecule has 50 heteroatoms. The lowest BCUT2D eigenvalue weighted by Gasteiger charge is -2.18. The monoisotopic (exact) mass is 1670 g/mol. The highest BCUT2D eigenvalue weighted by atomic mass is 35.5. The van der Waals surface area contributed by atoms with Gasteiger partial charge >= 0.3 is 0 Å². The summed E-state index contributed by atoms with van der Waals surface area (Å²) in [6, 6.07) is 22.8. The van der Waals surface area contributed by atoms with Crippen LogP contribution in [0.4, 0.5) is 57.9 Å². The van der Waals surface area contributed by atoms with Crippen LogP contribution < -0.4 is 32.1 Å². The smallest absolute Gasteiger partial charge is 0.297 e. The molecule has 558 valence electrons. The average Bonchev–Trinajstić information content (AvgIpc) is 0.763. The number of ketones is 2. The molecule has 0 bridgehead atoms. The second-order valence-electron chi connectivity index (χ2n) is 22.2. The zero-order valence-corrected chi connectivity index (χ0v) is 60.4. The lowest BCUT2D eigenvalue weighted by Crippen LogP contribution is -2.27. The van der Waals surface area contributed by atoms with E-state index in [0.29, 0.717) is 0 Å². The van der Waals surface area contributed by atoms with Gasteiger partial charge in [-0.1, -0.05) is 48.5 Å². The van der Waals surface area contributed by atoms with Crippen LogP contribution in [0.2, 0.25) is 10.6 Å². The van der Waals surface area contributed by atoms with Crippen molar-refractivity contribution >= 4 is 219 Å². The van der Waals surface area contributed by atoms with E-state index in [-0.39, 0.29) is 67.7 Å². The molecule has 0 saturated heterocycles. The van der Waals surface area contributed by atoms with Crippen LogP contribution in [0.1, 0.15) is 31.8 Å². The first-order valence-corrected chi connectivity index (χ1v) is 41.1. The number of Topliss-reactive ketones (excluding diaryl/α,β-unsaturated/α-hetero) is 2. The van der Waals surface area contributed by atoms with Crippen molar-refractivity contribution in [1.29, 1.82) is 0 Å². The van der Waals surface area contributed by atoms with Gasteiger partial charge in [-0.3, -0.25) is 56.9 Å². The van der Waals surface area contributed by atoms with Crippen molar-refractivity contribution in [2.24, 2.45) is 10.2 Å². The Morgan fingerprint density at radius 2 is 0.620 bits per heavy atom. The highest BCUT2D eigenvalue weighted by Crippen LogP contribution is 2.41. The third-order valence-electron chi connectivity index (χ3n) is 15.3. The molecule has 12 rings (SSSR count). The van der Waals surface area contributed by atoms with Crippen molar-refractivity contribution in [1.82, 2.24) is 29.9 Å². The van der Waals surface area contributed by atoms with Crippen LogP contribution in [0.25, 0.3) is 44.8 Å². The highest BCUT2D eigenvalue weighted by Gasteiger charge is 2.37. The molecule has 40 nitrogen and oxygen atoms in total. The van der Waals surface area contributed by atoms with Gasteiger partial charge in [0.15, 0.2) is 11.4 Å². The van der Waals surface area contributed by atoms with Crippen molar-refractivity contribution in [3.8, 4) is 11.1 Å². The van der Waals surface area contributed by atoms with Crippen molar-refractivity contribution < 1.29 is 113 Å². The summed E-state index contributed by atoms with van der Waals surface area (Å²) in [4.78, 5) is 44.3. The number of benzene rings is 8. The number of allylic oxidation sites excluding steroid dienone is 2. The van der Waals surface area contributed by atoms with Crippen LogP contribution in [-0.4, -0.2) is 157 Å². The van der Waals surface area contributed by atoms with Crippen LogP contribution in [0, 0.1) is 0 Å². The number of fused-ring (bicyclic) bond motifs is 4. The number of hydrogen-bond acceptors (Lipinski definition) is 32. The van der Waals surface area contributed by atoms with E-state index in [0.717, 1.165) is 121 Å². The Morgan fingerprint density at radius 3 is 0.917 bits per heavy atom. The Balaban J connectivity index is 0.768. The normalized spacial score (nSPS) is 14.6. The van der Waals surface area contributed by atoms with Gasteiger partial charge in [0.1, 0.15) is 39.2 Å². The van der Waals surface area contributed by atoms with E-state index in [1.165, 1.54) is 24.3 Å². The third-order valence-corrected chi connectivity index (χ3v) is 22.9. The quantitative estimate of drug-likeness (QED) is 0.0243. The van der Waals surface area contributed by atoms with Gasteiger partial charge in [0, 0.05) is 66.5 Å². The first kappa shape index (κ1) is 76.8. The molecule has 0 saturated carbocycles. The van der Waals surface area contributed by atoms with Crippen molar-refractivity contribution in [2.75, 3.05) is 32.1 Å². The van der Waals surface area contributed by atoms with E-state index < -0.39 is 199 Å². The van der Waals surface area contributed by atoms with Gasteiger partial charge in [-0.2, -0.15) is 107 Å². The summed E-state index contributed by atoms with van der Waals surface area (Å²) in [5, 5.41) is 15.5. The first-order chi connectivity index (χ1) is 50.2. The highest BCUT2D eigenvalue weighted by molar-refractivity contribution is 7.91. The number of carbonyl (C=O) groups excluding carboxylic acids is 2. The number of nitrogens with zero attached hydrogens (tertiary/aromatic N) is 8. The topological polar surface area (TPSA) is 643 Å². The molecule has 14 N–H and O–H groups in total. The zero-order valence-electron chi connectivity index (χ0n) is 52.4. The third kappa shape index (κ3) is 16.1.